The number of nitrogens with one attached hydrogen (secondary N) is 1. The smallest absolute Gasteiger partial charge is 0.462 e. The highest BCUT2D eigenvalue weighted by Crippen LogP contribution is 2.52. The molecule has 20 nitrogen and oxygen atoms in total. The summed E-state index contributed by atoms with van der Waals surface area (Å²) in [5.41, 5.74) is -2.09. The molecule has 0 spiro atoms. The van der Waals surface area contributed by atoms with Crippen LogP contribution in [0.3, 0.4) is 0 Å². The van der Waals surface area contributed by atoms with Gasteiger partial charge in [-0.1, -0.05) is 117 Å². The fourth-order valence-corrected chi connectivity index (χ4v) is 9.25. The number of ether oxygens (including phenoxy) is 5. The fraction of sp³-hybridized carbons (Fsp3) is 0.895. The number of hydrogen-bond donors (Lipinski definition) is 3. The van der Waals surface area contributed by atoms with Crippen molar-refractivity contribution in [1.82, 2.24) is 24.9 Å². The van der Waals surface area contributed by atoms with Gasteiger partial charge >= 0.3 is 38.0 Å². The molecule has 0 aromatic rings. The lowest BCUT2D eigenvalue weighted by molar-refractivity contribution is -0.161. The van der Waals surface area contributed by atoms with Gasteiger partial charge in [0.05, 0.1) is 26.2 Å². The lowest BCUT2D eigenvalue weighted by atomic mass is 10.1. The Labute approximate surface area is 471 Å². The van der Waals surface area contributed by atoms with Gasteiger partial charge in [-0.3, -0.25) is 48.4 Å². The van der Waals surface area contributed by atoms with Crippen LogP contribution in [0.15, 0.2) is 0 Å². The lowest BCUT2D eigenvalue weighted by Gasteiger charge is -2.34. The number of nitrogens with zero attached hydrogens (tertiary/aromatic N) is 4. The van der Waals surface area contributed by atoms with E-state index in [0.717, 1.165) is 38.5 Å². The number of esters is 5. The molecule has 0 aromatic carbocycles. The zero-order valence-electron chi connectivity index (χ0n) is 50.5. The van der Waals surface area contributed by atoms with Crippen molar-refractivity contribution in [3.63, 3.8) is 0 Å². The summed E-state index contributed by atoms with van der Waals surface area (Å²) < 4.78 is 38.7. The summed E-state index contributed by atoms with van der Waals surface area (Å²) >= 11 is 0. The highest BCUT2D eigenvalue weighted by atomic mass is 31.2. The van der Waals surface area contributed by atoms with Crippen LogP contribution >= 0.6 is 8.17 Å². The van der Waals surface area contributed by atoms with Crippen LogP contribution in [0.25, 0.3) is 0 Å². The molecule has 3 N–H and O–H groups in total. The predicted molar refractivity (Wildman–Crippen MR) is 304 cm³/mol. The molecule has 0 unspecified atom stereocenters. The Kier molecular flexibility index (Phi) is 38.3. The number of unbranched alkanes of at least 4 members (excludes halogenated alkanes) is 16. The van der Waals surface area contributed by atoms with Gasteiger partial charge in [-0.15, -0.1) is 4.52 Å². The molecule has 1 fully saturated rings. The van der Waals surface area contributed by atoms with Gasteiger partial charge in [-0.2, -0.15) is 14.3 Å². The monoisotopic (exact) mass is 1130 g/mol. The van der Waals surface area contributed by atoms with E-state index in [2.05, 4.69) is 19.2 Å². The van der Waals surface area contributed by atoms with Gasteiger partial charge in [0.25, 0.3) is 0 Å². The van der Waals surface area contributed by atoms with Crippen molar-refractivity contribution in [3.8, 4) is 0 Å². The standard InChI is InChI=1S/C57H108N5O15P/c1-12-14-16-18-20-22-24-26-28-30-50(64)71-46-48(74-51(65)31-29-27-25-23-21-19-17-15-13-2)47-73-78(69,70)72-41-32-58-49(63)42-59-33-35-60(43-52(66)75-55(3,4)5)37-39-62(45-54(68)77-57(9,10)11)40-38-61(36-34-59)44-53(67)76-56(6,7)8/h48,69-70H,12-47H2,1-11H3/p+1/t48-/m1/s1. The molecule has 1 aliphatic rings. The first-order chi connectivity index (χ1) is 36.7. The van der Waals surface area contributed by atoms with Crippen LogP contribution in [0.5, 0.6) is 0 Å². The third kappa shape index (κ3) is 43.7. The molecular weight excluding hydrogens is 1030 g/mol. The van der Waals surface area contributed by atoms with E-state index in [-0.39, 0.29) is 58.8 Å². The number of hydrogen-bond acceptors (Lipinski definition) is 19. The quantitative estimate of drug-likeness (QED) is 0.0228. The Hall–Kier alpha value is -3.07. The minimum absolute atomic E-state index is 0.00167. The van der Waals surface area contributed by atoms with E-state index >= 15 is 0 Å². The fourth-order valence-electron chi connectivity index (χ4n) is 8.49. The number of carbonyl (C=O) groups is 6. The molecule has 0 bridgehead atoms. The van der Waals surface area contributed by atoms with Crippen molar-refractivity contribution in [3.05, 3.63) is 0 Å². The topological polar surface area (TPSA) is 232 Å². The van der Waals surface area contributed by atoms with Crippen molar-refractivity contribution in [2.75, 3.05) is 105 Å². The van der Waals surface area contributed by atoms with Crippen LogP contribution in [0, 0.1) is 0 Å². The Morgan fingerprint density at radius 1 is 0.449 bits per heavy atom. The third-order valence-electron chi connectivity index (χ3n) is 12.4. The number of rotatable bonds is 38. The second-order valence-electron chi connectivity index (χ2n) is 23.8. The highest BCUT2D eigenvalue weighted by Gasteiger charge is 2.41. The average Bonchev–Trinajstić information content (AvgIpc) is 3.31. The SMILES string of the molecule is CCCCCCCCCCCC(=O)OC[C@H](CO[P+](O)(O)OCCNC(=O)CN1CCN(CC(=O)OC(C)(C)C)CCN(CC(=O)OC(C)(C)C)CCN(CC(=O)OC(C)(C)C)CC1)OC(=O)CCCCCCCCCCC. The molecule has 1 amide bonds. The predicted octanol–water partition coefficient (Wildman–Crippen LogP) is 8.34. The van der Waals surface area contributed by atoms with Crippen LogP contribution in [0.4, 0.5) is 0 Å². The van der Waals surface area contributed by atoms with E-state index in [9.17, 15) is 38.6 Å². The number of amides is 1. The van der Waals surface area contributed by atoms with E-state index in [1.807, 2.05) is 19.6 Å². The maximum Gasteiger partial charge on any atom is 0.570 e. The van der Waals surface area contributed by atoms with E-state index in [4.69, 9.17) is 32.7 Å². The van der Waals surface area contributed by atoms with Gasteiger partial charge in [0, 0.05) is 71.7 Å². The largest absolute Gasteiger partial charge is 0.570 e. The Balaban J connectivity index is 2.99. The summed E-state index contributed by atoms with van der Waals surface area (Å²) in [6.45, 7) is 22.1. The summed E-state index contributed by atoms with van der Waals surface area (Å²) in [4.78, 5) is 108. The van der Waals surface area contributed by atoms with Gasteiger partial charge in [0.2, 0.25) is 5.91 Å². The second-order valence-corrected chi connectivity index (χ2v) is 25.3. The van der Waals surface area contributed by atoms with Crippen LogP contribution in [-0.4, -0.2) is 193 Å². The molecule has 0 radical (unpaired) electrons. The first-order valence-corrected chi connectivity index (χ1v) is 31.0. The molecule has 78 heavy (non-hydrogen) atoms. The summed E-state index contributed by atoms with van der Waals surface area (Å²) in [5.74, 6) is -2.56. The van der Waals surface area contributed by atoms with Crippen LogP contribution in [0.1, 0.15) is 205 Å². The Morgan fingerprint density at radius 3 is 1.14 bits per heavy atom. The van der Waals surface area contributed by atoms with E-state index < -0.39 is 73.4 Å². The van der Waals surface area contributed by atoms with Gasteiger partial charge in [0.15, 0.2) is 6.10 Å². The van der Waals surface area contributed by atoms with Crippen molar-refractivity contribution in [2.24, 2.45) is 0 Å². The van der Waals surface area contributed by atoms with Crippen molar-refractivity contribution in [2.45, 2.75) is 227 Å². The summed E-state index contributed by atoms with van der Waals surface area (Å²) in [6, 6.07) is 0. The molecule has 0 saturated carbocycles. The summed E-state index contributed by atoms with van der Waals surface area (Å²) in [7, 11) is -4.49. The number of carbonyl (C=O) groups excluding carboxylic acids is 6. The molecule has 1 atom stereocenters. The zero-order chi connectivity index (χ0) is 58.5. The molecule has 1 rings (SSSR count). The molecule has 1 saturated heterocycles. The molecule has 21 heteroatoms. The van der Waals surface area contributed by atoms with Crippen molar-refractivity contribution in [1.29, 1.82) is 0 Å². The minimum Gasteiger partial charge on any atom is -0.462 e. The van der Waals surface area contributed by atoms with Gasteiger partial charge < -0.3 is 29.0 Å². The molecule has 1 aliphatic heterocycles. The molecule has 0 aromatic heterocycles. The molecule has 0 aliphatic carbocycles. The Morgan fingerprint density at radius 2 is 0.782 bits per heavy atom. The van der Waals surface area contributed by atoms with Crippen molar-refractivity contribution < 1.29 is 71.3 Å². The maximum atomic E-state index is 13.5. The van der Waals surface area contributed by atoms with E-state index in [1.54, 1.807) is 62.3 Å². The van der Waals surface area contributed by atoms with Gasteiger partial charge in [-0.05, 0) is 75.2 Å². The lowest BCUT2D eigenvalue weighted by Crippen LogP contribution is -2.50. The molecule has 456 valence electrons. The Bertz CT molecular complexity index is 1630. The van der Waals surface area contributed by atoms with Gasteiger partial charge in [-0.25, -0.2) is 0 Å². The van der Waals surface area contributed by atoms with Crippen molar-refractivity contribution >= 4 is 43.9 Å². The average molecular weight is 1140 g/mol. The first-order valence-electron chi connectivity index (χ1n) is 29.5. The van der Waals surface area contributed by atoms with E-state index in [0.29, 0.717) is 65.2 Å². The zero-order valence-corrected chi connectivity index (χ0v) is 51.4. The van der Waals surface area contributed by atoms with Crippen LogP contribution < -0.4 is 5.32 Å². The van der Waals surface area contributed by atoms with Gasteiger partial charge in [0.1, 0.15) is 36.6 Å². The summed E-state index contributed by atoms with van der Waals surface area (Å²) in [5, 5.41) is 2.75. The van der Waals surface area contributed by atoms with E-state index in [1.165, 1.54) is 64.2 Å². The first kappa shape index (κ1) is 72.9. The highest BCUT2D eigenvalue weighted by molar-refractivity contribution is 7.54. The third-order valence-corrected chi connectivity index (χ3v) is 13.4. The molecule has 1 heterocycles. The molecular formula is C57H109N5O15P+. The minimum atomic E-state index is -4.49. The van der Waals surface area contributed by atoms with Crippen LogP contribution in [0.2, 0.25) is 0 Å². The maximum absolute atomic E-state index is 13.5. The normalized spacial score (nSPS) is 15.7. The second kappa shape index (κ2) is 41.0. The summed E-state index contributed by atoms with van der Waals surface area (Å²) in [6.07, 6.45) is 18.9. The van der Waals surface area contributed by atoms with Crippen LogP contribution in [-0.2, 0) is 61.5 Å².